The zero-order valence-corrected chi connectivity index (χ0v) is 11.1. The van der Waals surface area contributed by atoms with Crippen molar-refractivity contribution in [1.82, 2.24) is 4.98 Å². The van der Waals surface area contributed by atoms with Crippen molar-refractivity contribution in [1.29, 1.82) is 0 Å². The summed E-state index contributed by atoms with van der Waals surface area (Å²) in [7, 11) is 1.51. The van der Waals surface area contributed by atoms with Gasteiger partial charge in [-0.1, -0.05) is 12.1 Å². The van der Waals surface area contributed by atoms with Crippen molar-refractivity contribution in [3.05, 3.63) is 53.9 Å². The second kappa shape index (κ2) is 6.01. The molecule has 1 aromatic carbocycles. The lowest BCUT2D eigenvalue weighted by Gasteiger charge is -2.14. The first-order valence-corrected chi connectivity index (χ1v) is 5.99. The Labute approximate surface area is 119 Å². The minimum atomic E-state index is -4.71. The smallest absolute Gasteiger partial charge is 0.495 e. The van der Waals surface area contributed by atoms with Crippen LogP contribution in [0.25, 0.3) is 0 Å². The molecular weight excluding hydrogens is 285 g/mol. The number of rotatable bonds is 4. The van der Waals surface area contributed by atoms with Gasteiger partial charge in [0.1, 0.15) is 11.5 Å². The fraction of sp³-hybridized carbons (Fsp3) is 0.214. The molecule has 0 bridgehead atoms. The van der Waals surface area contributed by atoms with E-state index in [1.165, 1.54) is 37.6 Å². The summed E-state index contributed by atoms with van der Waals surface area (Å²) < 4.78 is 45.1. The number of halogens is 3. The van der Waals surface area contributed by atoms with Gasteiger partial charge in [0.25, 0.3) is 0 Å². The largest absolute Gasteiger partial charge is 0.573 e. The second-order valence-corrected chi connectivity index (χ2v) is 4.25. The van der Waals surface area contributed by atoms with Crippen LogP contribution >= 0.6 is 0 Å². The standard InChI is InChI=1S/C14H13F3N2O2/c1-20-12-6-10(7-19-8-12)13(18)9-2-4-11(5-3-9)21-14(15,16)17/h2-8,13H,18H2,1H3. The summed E-state index contributed by atoms with van der Waals surface area (Å²) in [6, 6.07) is 6.59. The molecule has 1 atom stereocenters. The van der Waals surface area contributed by atoms with Crippen LogP contribution in [0.2, 0.25) is 0 Å². The number of aromatic nitrogens is 1. The van der Waals surface area contributed by atoms with Crippen molar-refractivity contribution < 1.29 is 22.6 Å². The van der Waals surface area contributed by atoms with Gasteiger partial charge in [0.15, 0.2) is 0 Å². The highest BCUT2D eigenvalue weighted by molar-refractivity contribution is 5.36. The van der Waals surface area contributed by atoms with E-state index in [2.05, 4.69) is 9.72 Å². The zero-order valence-electron chi connectivity index (χ0n) is 11.1. The van der Waals surface area contributed by atoms with E-state index in [1.807, 2.05) is 0 Å². The van der Waals surface area contributed by atoms with Crippen LogP contribution in [0.4, 0.5) is 13.2 Å². The van der Waals surface area contributed by atoms with Crippen LogP contribution in [0.15, 0.2) is 42.7 Å². The van der Waals surface area contributed by atoms with Crippen LogP contribution in [0.3, 0.4) is 0 Å². The van der Waals surface area contributed by atoms with E-state index < -0.39 is 12.4 Å². The van der Waals surface area contributed by atoms with Crippen LogP contribution in [0.5, 0.6) is 11.5 Å². The molecule has 2 N–H and O–H groups in total. The Morgan fingerprint density at radius 1 is 1.05 bits per heavy atom. The summed E-state index contributed by atoms with van der Waals surface area (Å²) in [5.41, 5.74) is 7.39. The van der Waals surface area contributed by atoms with Gasteiger partial charge in [0.05, 0.1) is 19.3 Å². The topological polar surface area (TPSA) is 57.4 Å². The fourth-order valence-electron chi connectivity index (χ4n) is 1.79. The highest BCUT2D eigenvalue weighted by atomic mass is 19.4. The minimum Gasteiger partial charge on any atom is -0.495 e. The first-order valence-electron chi connectivity index (χ1n) is 5.99. The Balaban J connectivity index is 2.17. The number of pyridine rings is 1. The maximum atomic E-state index is 12.1. The predicted octanol–water partition coefficient (Wildman–Crippen LogP) is 3.04. The Morgan fingerprint density at radius 2 is 1.71 bits per heavy atom. The van der Waals surface area contributed by atoms with E-state index >= 15 is 0 Å². The fourth-order valence-corrected chi connectivity index (χ4v) is 1.79. The molecule has 0 aliphatic carbocycles. The van der Waals surface area contributed by atoms with Crippen molar-refractivity contribution >= 4 is 0 Å². The van der Waals surface area contributed by atoms with Gasteiger partial charge in [-0.05, 0) is 29.3 Å². The molecular formula is C14H13F3N2O2. The molecule has 0 spiro atoms. The highest BCUT2D eigenvalue weighted by Crippen LogP contribution is 2.26. The molecule has 0 saturated carbocycles. The SMILES string of the molecule is COc1cncc(C(N)c2ccc(OC(F)(F)F)cc2)c1. The molecule has 0 amide bonds. The third-order valence-electron chi connectivity index (χ3n) is 2.80. The molecule has 0 aliphatic heterocycles. The minimum absolute atomic E-state index is 0.290. The molecule has 112 valence electrons. The van der Waals surface area contributed by atoms with Gasteiger partial charge in [0.2, 0.25) is 0 Å². The van der Waals surface area contributed by atoms with Crippen molar-refractivity contribution in [3.63, 3.8) is 0 Å². The van der Waals surface area contributed by atoms with E-state index in [4.69, 9.17) is 10.5 Å². The van der Waals surface area contributed by atoms with Crippen LogP contribution in [0.1, 0.15) is 17.2 Å². The summed E-state index contributed by atoms with van der Waals surface area (Å²) in [5.74, 6) is 0.266. The molecule has 0 fully saturated rings. The average Bonchev–Trinajstić information content (AvgIpc) is 2.46. The zero-order chi connectivity index (χ0) is 15.5. The van der Waals surface area contributed by atoms with E-state index in [9.17, 15) is 13.2 Å². The van der Waals surface area contributed by atoms with E-state index in [-0.39, 0.29) is 5.75 Å². The summed E-state index contributed by atoms with van der Waals surface area (Å²) in [6.07, 6.45) is -1.59. The van der Waals surface area contributed by atoms with Gasteiger partial charge in [-0.3, -0.25) is 4.98 Å². The van der Waals surface area contributed by atoms with Gasteiger partial charge >= 0.3 is 6.36 Å². The Bertz CT molecular complexity index is 600. The molecule has 1 unspecified atom stereocenters. The Morgan fingerprint density at radius 3 is 2.29 bits per heavy atom. The molecule has 0 saturated heterocycles. The van der Waals surface area contributed by atoms with Crippen LogP contribution in [-0.2, 0) is 0 Å². The number of alkyl halides is 3. The molecule has 1 aromatic heterocycles. The number of benzene rings is 1. The summed E-state index contributed by atoms with van der Waals surface area (Å²) in [6.45, 7) is 0. The molecule has 2 rings (SSSR count). The monoisotopic (exact) mass is 298 g/mol. The summed E-state index contributed by atoms with van der Waals surface area (Å²) in [4.78, 5) is 3.99. The van der Waals surface area contributed by atoms with Crippen LogP contribution in [0, 0.1) is 0 Å². The predicted molar refractivity (Wildman–Crippen MR) is 69.9 cm³/mol. The first kappa shape index (κ1) is 15.1. The molecule has 2 aromatic rings. The van der Waals surface area contributed by atoms with E-state index in [0.717, 1.165) is 0 Å². The molecule has 1 heterocycles. The Hall–Kier alpha value is -2.28. The van der Waals surface area contributed by atoms with Crippen molar-refractivity contribution in [2.75, 3.05) is 7.11 Å². The molecule has 0 aliphatic rings. The van der Waals surface area contributed by atoms with Gasteiger partial charge < -0.3 is 15.2 Å². The lowest BCUT2D eigenvalue weighted by atomic mass is 10.0. The quantitative estimate of drug-likeness (QED) is 0.942. The number of hydrogen-bond acceptors (Lipinski definition) is 4. The van der Waals surface area contributed by atoms with Crippen molar-refractivity contribution in [2.45, 2.75) is 12.4 Å². The van der Waals surface area contributed by atoms with Crippen LogP contribution < -0.4 is 15.2 Å². The van der Waals surface area contributed by atoms with Gasteiger partial charge in [-0.25, -0.2) is 0 Å². The van der Waals surface area contributed by atoms with Gasteiger partial charge in [-0.15, -0.1) is 13.2 Å². The first-order chi connectivity index (χ1) is 9.89. The average molecular weight is 298 g/mol. The van der Waals surface area contributed by atoms with Crippen LogP contribution in [-0.4, -0.2) is 18.5 Å². The van der Waals surface area contributed by atoms with E-state index in [0.29, 0.717) is 16.9 Å². The van der Waals surface area contributed by atoms with Crippen molar-refractivity contribution in [2.24, 2.45) is 5.73 Å². The maximum Gasteiger partial charge on any atom is 0.573 e. The molecule has 0 radical (unpaired) electrons. The van der Waals surface area contributed by atoms with Gasteiger partial charge in [-0.2, -0.15) is 0 Å². The number of nitrogens with zero attached hydrogens (tertiary/aromatic N) is 1. The number of methoxy groups -OCH3 is 1. The molecule has 7 heteroatoms. The number of ether oxygens (including phenoxy) is 2. The van der Waals surface area contributed by atoms with Gasteiger partial charge in [0, 0.05) is 6.20 Å². The van der Waals surface area contributed by atoms with E-state index in [1.54, 1.807) is 12.3 Å². The summed E-state index contributed by atoms with van der Waals surface area (Å²) in [5, 5.41) is 0. The lowest BCUT2D eigenvalue weighted by Crippen LogP contribution is -2.17. The molecule has 21 heavy (non-hydrogen) atoms. The Kier molecular flexibility index (Phi) is 4.32. The lowest BCUT2D eigenvalue weighted by molar-refractivity contribution is -0.274. The normalized spacial score (nSPS) is 12.8. The highest BCUT2D eigenvalue weighted by Gasteiger charge is 2.31. The summed E-state index contributed by atoms with van der Waals surface area (Å²) >= 11 is 0. The third-order valence-corrected chi connectivity index (χ3v) is 2.80. The maximum absolute atomic E-state index is 12.1. The second-order valence-electron chi connectivity index (χ2n) is 4.25. The third kappa shape index (κ3) is 4.09. The molecule has 4 nitrogen and oxygen atoms in total. The van der Waals surface area contributed by atoms with Crippen molar-refractivity contribution in [3.8, 4) is 11.5 Å². The number of hydrogen-bond donors (Lipinski definition) is 1. The number of nitrogens with two attached hydrogens (primary N) is 1.